The van der Waals surface area contributed by atoms with Gasteiger partial charge in [0.2, 0.25) is 0 Å². The van der Waals surface area contributed by atoms with E-state index in [2.05, 4.69) is 10.4 Å². The first kappa shape index (κ1) is 13.6. The van der Waals surface area contributed by atoms with Crippen LogP contribution >= 0.6 is 0 Å². The highest BCUT2D eigenvalue weighted by Gasteiger charge is 2.30. The molecule has 6 nitrogen and oxygen atoms in total. The van der Waals surface area contributed by atoms with Crippen LogP contribution in [0.15, 0.2) is 12.4 Å². The number of ether oxygens (including phenoxy) is 1. The average Bonchev–Trinajstić information content (AvgIpc) is 3.17. The molecule has 2 fully saturated rings. The lowest BCUT2D eigenvalue weighted by atomic mass is 9.93. The van der Waals surface area contributed by atoms with Crippen molar-refractivity contribution in [3.63, 3.8) is 0 Å². The molecule has 1 atom stereocenters. The third kappa shape index (κ3) is 3.19. The molecule has 2 aliphatic rings. The number of hydrogen-bond donors (Lipinski definition) is 2. The first-order valence-corrected chi connectivity index (χ1v) is 7.29. The molecule has 1 aliphatic heterocycles. The minimum Gasteiger partial charge on any atom is -0.387 e. The van der Waals surface area contributed by atoms with Crippen molar-refractivity contribution < 1.29 is 14.6 Å². The summed E-state index contributed by atoms with van der Waals surface area (Å²) in [6.07, 6.45) is 7.83. The van der Waals surface area contributed by atoms with Gasteiger partial charge in [0, 0.05) is 19.3 Å². The van der Waals surface area contributed by atoms with E-state index in [1.165, 1.54) is 0 Å². The summed E-state index contributed by atoms with van der Waals surface area (Å²) >= 11 is 0. The SMILES string of the molecule is O=C(NCCC1(O)CCCOC1)c1cnn(C2CC2)c1. The van der Waals surface area contributed by atoms with Crippen LogP contribution in [0.2, 0.25) is 0 Å². The van der Waals surface area contributed by atoms with Crippen molar-refractivity contribution in [3.05, 3.63) is 18.0 Å². The van der Waals surface area contributed by atoms with Gasteiger partial charge in [-0.15, -0.1) is 0 Å². The number of aliphatic hydroxyl groups is 1. The lowest BCUT2D eigenvalue weighted by Gasteiger charge is -2.31. The molecule has 0 radical (unpaired) electrons. The first-order valence-electron chi connectivity index (χ1n) is 7.29. The fourth-order valence-corrected chi connectivity index (χ4v) is 2.54. The van der Waals surface area contributed by atoms with Gasteiger partial charge < -0.3 is 15.2 Å². The quantitative estimate of drug-likeness (QED) is 0.839. The van der Waals surface area contributed by atoms with Crippen LogP contribution in [-0.2, 0) is 4.74 Å². The summed E-state index contributed by atoms with van der Waals surface area (Å²) in [7, 11) is 0. The highest BCUT2D eigenvalue weighted by atomic mass is 16.5. The Hall–Kier alpha value is -1.40. The van der Waals surface area contributed by atoms with Gasteiger partial charge >= 0.3 is 0 Å². The zero-order valence-electron chi connectivity index (χ0n) is 11.5. The van der Waals surface area contributed by atoms with E-state index in [-0.39, 0.29) is 5.91 Å². The Morgan fingerprint density at radius 2 is 2.45 bits per heavy atom. The molecule has 1 aromatic heterocycles. The minimum absolute atomic E-state index is 0.128. The van der Waals surface area contributed by atoms with Crippen molar-refractivity contribution in [2.24, 2.45) is 0 Å². The molecule has 0 aromatic carbocycles. The maximum atomic E-state index is 12.0. The van der Waals surface area contributed by atoms with Gasteiger partial charge in [0.1, 0.15) is 0 Å². The summed E-state index contributed by atoms with van der Waals surface area (Å²) < 4.78 is 7.15. The number of rotatable bonds is 5. The third-order valence-corrected chi connectivity index (χ3v) is 3.96. The molecule has 6 heteroatoms. The molecule has 2 heterocycles. The molecule has 0 bridgehead atoms. The van der Waals surface area contributed by atoms with E-state index in [4.69, 9.17) is 4.74 Å². The second kappa shape index (κ2) is 5.54. The molecular formula is C14H21N3O3. The number of hydrogen-bond acceptors (Lipinski definition) is 4. The van der Waals surface area contributed by atoms with Crippen LogP contribution in [0.5, 0.6) is 0 Å². The van der Waals surface area contributed by atoms with Gasteiger partial charge in [-0.25, -0.2) is 0 Å². The Kier molecular flexibility index (Phi) is 3.76. The summed E-state index contributed by atoms with van der Waals surface area (Å²) in [6, 6.07) is 0.483. The summed E-state index contributed by atoms with van der Waals surface area (Å²) in [5.74, 6) is -0.128. The smallest absolute Gasteiger partial charge is 0.254 e. The summed E-state index contributed by atoms with van der Waals surface area (Å²) in [4.78, 5) is 12.0. The summed E-state index contributed by atoms with van der Waals surface area (Å²) in [5.41, 5.74) is -0.201. The lowest BCUT2D eigenvalue weighted by Crippen LogP contribution is -2.41. The third-order valence-electron chi connectivity index (χ3n) is 3.96. The zero-order chi connectivity index (χ0) is 14.0. The van der Waals surface area contributed by atoms with Gasteiger partial charge in [-0.1, -0.05) is 0 Å². The first-order chi connectivity index (χ1) is 9.66. The highest BCUT2D eigenvalue weighted by molar-refractivity contribution is 5.93. The van der Waals surface area contributed by atoms with Crippen LogP contribution in [0, 0.1) is 0 Å². The van der Waals surface area contributed by atoms with Gasteiger partial charge in [-0.05, 0) is 32.1 Å². The fourth-order valence-electron chi connectivity index (χ4n) is 2.54. The van der Waals surface area contributed by atoms with Crippen LogP contribution in [-0.4, -0.2) is 46.2 Å². The second-order valence-electron chi connectivity index (χ2n) is 5.83. The molecule has 3 rings (SSSR count). The molecule has 1 saturated carbocycles. The number of carbonyl (C=O) groups is 1. The topological polar surface area (TPSA) is 76.4 Å². The van der Waals surface area contributed by atoms with E-state index >= 15 is 0 Å². The van der Waals surface area contributed by atoms with Crippen molar-refractivity contribution in [1.29, 1.82) is 0 Å². The number of carbonyl (C=O) groups excluding carboxylic acids is 1. The van der Waals surface area contributed by atoms with Crippen molar-refractivity contribution in [3.8, 4) is 0 Å². The Morgan fingerprint density at radius 1 is 1.60 bits per heavy atom. The average molecular weight is 279 g/mol. The van der Waals surface area contributed by atoms with Gasteiger partial charge in [-0.3, -0.25) is 9.48 Å². The van der Waals surface area contributed by atoms with E-state index in [9.17, 15) is 9.90 Å². The molecule has 1 amide bonds. The van der Waals surface area contributed by atoms with Crippen LogP contribution in [0.1, 0.15) is 48.5 Å². The molecular weight excluding hydrogens is 258 g/mol. The monoisotopic (exact) mass is 279 g/mol. The maximum absolute atomic E-state index is 12.0. The summed E-state index contributed by atoms with van der Waals surface area (Å²) in [6.45, 7) is 1.53. The zero-order valence-corrected chi connectivity index (χ0v) is 11.5. The van der Waals surface area contributed by atoms with Gasteiger partial charge in [-0.2, -0.15) is 5.10 Å². The van der Waals surface area contributed by atoms with Crippen LogP contribution < -0.4 is 5.32 Å². The fraction of sp³-hybridized carbons (Fsp3) is 0.714. The number of amides is 1. The van der Waals surface area contributed by atoms with Crippen LogP contribution in [0.4, 0.5) is 0 Å². The van der Waals surface area contributed by atoms with Crippen LogP contribution in [0.25, 0.3) is 0 Å². The van der Waals surface area contributed by atoms with E-state index in [1.807, 2.05) is 4.68 Å². The molecule has 1 saturated heterocycles. The number of aromatic nitrogens is 2. The molecule has 20 heavy (non-hydrogen) atoms. The van der Waals surface area contributed by atoms with Crippen molar-refractivity contribution in [2.45, 2.75) is 43.7 Å². The largest absolute Gasteiger partial charge is 0.387 e. The predicted octanol–water partition coefficient (Wildman–Crippen LogP) is 0.879. The maximum Gasteiger partial charge on any atom is 0.254 e. The van der Waals surface area contributed by atoms with E-state index in [0.717, 1.165) is 32.3 Å². The lowest BCUT2D eigenvalue weighted by molar-refractivity contribution is -0.0887. The molecule has 110 valence electrons. The van der Waals surface area contributed by atoms with E-state index < -0.39 is 5.60 Å². The normalized spacial score (nSPS) is 26.4. The van der Waals surface area contributed by atoms with Gasteiger partial charge in [0.25, 0.3) is 5.91 Å². The Balaban J connectivity index is 1.46. The van der Waals surface area contributed by atoms with Gasteiger partial charge in [0.05, 0.1) is 30.0 Å². The van der Waals surface area contributed by atoms with E-state index in [1.54, 1.807) is 12.4 Å². The molecule has 1 aliphatic carbocycles. The minimum atomic E-state index is -0.788. The Morgan fingerprint density at radius 3 is 3.15 bits per heavy atom. The predicted molar refractivity (Wildman–Crippen MR) is 72.5 cm³/mol. The van der Waals surface area contributed by atoms with Gasteiger partial charge in [0.15, 0.2) is 0 Å². The molecule has 2 N–H and O–H groups in total. The molecule has 1 unspecified atom stereocenters. The standard InChI is InChI=1S/C14H21N3O3/c18-13(11-8-16-17(9-11)12-2-3-12)15-6-5-14(19)4-1-7-20-10-14/h8-9,12,19H,1-7,10H2,(H,15,18). The molecule has 1 aromatic rings. The highest BCUT2D eigenvalue weighted by Crippen LogP contribution is 2.33. The van der Waals surface area contributed by atoms with Crippen LogP contribution in [0.3, 0.4) is 0 Å². The second-order valence-corrected chi connectivity index (χ2v) is 5.83. The number of nitrogens with zero attached hydrogens (tertiary/aromatic N) is 2. The molecule has 0 spiro atoms. The Labute approximate surface area is 118 Å². The van der Waals surface area contributed by atoms with Crippen molar-refractivity contribution >= 4 is 5.91 Å². The summed E-state index contributed by atoms with van der Waals surface area (Å²) in [5, 5.41) is 17.3. The van der Waals surface area contributed by atoms with Crippen molar-refractivity contribution in [2.75, 3.05) is 19.8 Å². The van der Waals surface area contributed by atoms with Crippen molar-refractivity contribution in [1.82, 2.24) is 15.1 Å². The van der Waals surface area contributed by atoms with E-state index in [0.29, 0.717) is 31.2 Å². The Bertz CT molecular complexity index is 476. The number of nitrogens with one attached hydrogen (secondary N) is 1.